The van der Waals surface area contributed by atoms with Crippen molar-refractivity contribution in [2.45, 2.75) is 52.1 Å². The number of hydrogen-bond acceptors (Lipinski definition) is 6. The Kier molecular flexibility index (Phi) is 4.92. The summed E-state index contributed by atoms with van der Waals surface area (Å²) in [6.45, 7) is 8.76. The molecule has 1 N–H and O–H groups in total. The second-order valence-corrected chi connectivity index (χ2v) is 11.0. The molecule has 0 bridgehead atoms. The number of rotatable bonds is 4. The highest BCUT2D eigenvalue weighted by atomic mass is 32.2. The molecule has 1 aliphatic heterocycles. The number of nitrogens with zero attached hydrogens (tertiary/aromatic N) is 5. The molecule has 10 heteroatoms. The molecule has 1 aromatic carbocycles. The summed E-state index contributed by atoms with van der Waals surface area (Å²) in [4.78, 5) is 13.0. The standard InChI is InChI=1S/C20H26N6O3S/c1-5-25-16-7-6-13(10-15(16)22-24-25)19(27)21-18-11-17(20(2,3)4)23-26(18)14-8-9-30(28,29)12-14/h6-7,10-11,14H,5,8-9,12H2,1-4H3,(H,21,27). The molecule has 0 aliphatic carbocycles. The maximum Gasteiger partial charge on any atom is 0.256 e. The largest absolute Gasteiger partial charge is 0.307 e. The minimum Gasteiger partial charge on any atom is -0.307 e. The molecule has 1 amide bonds. The number of carbonyl (C=O) groups excluding carboxylic acids is 1. The van der Waals surface area contributed by atoms with Crippen molar-refractivity contribution >= 4 is 32.6 Å². The second-order valence-electron chi connectivity index (χ2n) is 8.73. The van der Waals surface area contributed by atoms with E-state index in [0.717, 1.165) is 11.2 Å². The van der Waals surface area contributed by atoms with Gasteiger partial charge in [-0.2, -0.15) is 5.10 Å². The van der Waals surface area contributed by atoms with Gasteiger partial charge in [0.25, 0.3) is 5.91 Å². The van der Waals surface area contributed by atoms with Crippen LogP contribution in [0, 0.1) is 0 Å². The minimum atomic E-state index is -3.08. The van der Waals surface area contributed by atoms with Crippen LogP contribution in [0.3, 0.4) is 0 Å². The topological polar surface area (TPSA) is 112 Å². The molecule has 30 heavy (non-hydrogen) atoms. The predicted octanol–water partition coefficient (Wildman–Crippen LogP) is 2.56. The van der Waals surface area contributed by atoms with Gasteiger partial charge in [0.1, 0.15) is 11.3 Å². The van der Waals surface area contributed by atoms with Crippen LogP contribution in [0.25, 0.3) is 11.0 Å². The van der Waals surface area contributed by atoms with Crippen LogP contribution < -0.4 is 5.32 Å². The normalized spacial score (nSPS) is 18.7. The summed E-state index contributed by atoms with van der Waals surface area (Å²) in [5.41, 5.74) is 2.53. The third kappa shape index (κ3) is 3.83. The molecule has 3 heterocycles. The first-order chi connectivity index (χ1) is 14.1. The summed E-state index contributed by atoms with van der Waals surface area (Å²) >= 11 is 0. The maximum atomic E-state index is 13.0. The fourth-order valence-corrected chi connectivity index (χ4v) is 5.33. The number of aromatic nitrogens is 5. The zero-order chi connectivity index (χ0) is 21.7. The Bertz CT molecular complexity index is 1220. The molecular formula is C20H26N6O3S. The highest BCUT2D eigenvalue weighted by molar-refractivity contribution is 7.91. The lowest BCUT2D eigenvalue weighted by atomic mass is 9.92. The van der Waals surface area contributed by atoms with Crippen LogP contribution in [0.5, 0.6) is 0 Å². The zero-order valence-electron chi connectivity index (χ0n) is 17.6. The van der Waals surface area contributed by atoms with Crippen molar-refractivity contribution in [1.29, 1.82) is 0 Å². The molecule has 160 valence electrons. The molecule has 1 atom stereocenters. The van der Waals surface area contributed by atoms with Gasteiger partial charge in [-0.15, -0.1) is 5.10 Å². The minimum absolute atomic E-state index is 0.0349. The Hall–Kier alpha value is -2.75. The molecule has 2 aromatic heterocycles. The number of sulfone groups is 1. The number of fused-ring (bicyclic) bond motifs is 1. The average molecular weight is 431 g/mol. The van der Waals surface area contributed by atoms with Crippen LogP contribution in [-0.2, 0) is 21.8 Å². The molecular weight excluding hydrogens is 404 g/mol. The van der Waals surface area contributed by atoms with Gasteiger partial charge in [0.05, 0.1) is 28.8 Å². The van der Waals surface area contributed by atoms with Crippen molar-refractivity contribution in [3.05, 3.63) is 35.5 Å². The third-order valence-electron chi connectivity index (χ3n) is 5.38. The fourth-order valence-electron chi connectivity index (χ4n) is 3.64. The van der Waals surface area contributed by atoms with Gasteiger partial charge >= 0.3 is 0 Å². The van der Waals surface area contributed by atoms with Crippen molar-refractivity contribution in [1.82, 2.24) is 24.8 Å². The van der Waals surface area contributed by atoms with Gasteiger partial charge in [-0.25, -0.2) is 17.8 Å². The van der Waals surface area contributed by atoms with E-state index < -0.39 is 9.84 Å². The predicted molar refractivity (Wildman–Crippen MR) is 114 cm³/mol. The van der Waals surface area contributed by atoms with Crippen molar-refractivity contribution in [3.63, 3.8) is 0 Å². The molecule has 4 rings (SSSR count). The van der Waals surface area contributed by atoms with E-state index in [4.69, 9.17) is 0 Å². The first kappa shape index (κ1) is 20.5. The highest BCUT2D eigenvalue weighted by Gasteiger charge is 2.33. The van der Waals surface area contributed by atoms with E-state index in [0.29, 0.717) is 29.9 Å². The molecule has 0 spiro atoms. The van der Waals surface area contributed by atoms with Crippen LogP contribution in [0.15, 0.2) is 24.3 Å². The second kappa shape index (κ2) is 7.19. The Balaban J connectivity index is 1.66. The molecule has 1 aliphatic rings. The number of aryl methyl sites for hydroxylation is 1. The van der Waals surface area contributed by atoms with Crippen molar-refractivity contribution < 1.29 is 13.2 Å². The summed E-state index contributed by atoms with van der Waals surface area (Å²) in [7, 11) is -3.08. The molecule has 0 saturated carbocycles. The van der Waals surface area contributed by atoms with Gasteiger partial charge in [0, 0.05) is 23.6 Å². The van der Waals surface area contributed by atoms with Gasteiger partial charge in [-0.1, -0.05) is 26.0 Å². The molecule has 9 nitrogen and oxygen atoms in total. The van der Waals surface area contributed by atoms with Crippen molar-refractivity contribution in [2.24, 2.45) is 0 Å². The molecule has 3 aromatic rings. The lowest BCUT2D eigenvalue weighted by molar-refractivity contribution is 0.102. The number of nitrogens with one attached hydrogen (secondary N) is 1. The van der Waals surface area contributed by atoms with Crippen LogP contribution in [-0.4, -0.2) is 50.6 Å². The Morgan fingerprint density at radius 2 is 2.03 bits per heavy atom. The third-order valence-corrected chi connectivity index (χ3v) is 7.13. The summed E-state index contributed by atoms with van der Waals surface area (Å²) in [5, 5.41) is 15.8. The Morgan fingerprint density at radius 3 is 2.67 bits per heavy atom. The number of amides is 1. The summed E-state index contributed by atoms with van der Waals surface area (Å²) < 4.78 is 27.4. The first-order valence-corrected chi connectivity index (χ1v) is 11.8. The van der Waals surface area contributed by atoms with Crippen molar-refractivity contribution in [3.8, 4) is 0 Å². The quantitative estimate of drug-likeness (QED) is 0.681. The van der Waals surface area contributed by atoms with Gasteiger partial charge in [-0.3, -0.25) is 4.79 Å². The van der Waals surface area contributed by atoms with E-state index in [1.807, 2.05) is 39.8 Å². The number of anilines is 1. The molecule has 1 fully saturated rings. The van der Waals surface area contributed by atoms with Gasteiger partial charge in [-0.05, 0) is 31.5 Å². The lowest BCUT2D eigenvalue weighted by Gasteiger charge is -2.15. The van der Waals surface area contributed by atoms with Crippen LogP contribution in [0.1, 0.15) is 56.2 Å². The average Bonchev–Trinajstić information content (AvgIpc) is 3.36. The van der Waals surface area contributed by atoms with Crippen molar-refractivity contribution in [2.75, 3.05) is 16.8 Å². The van der Waals surface area contributed by atoms with E-state index >= 15 is 0 Å². The number of benzene rings is 1. The Labute approximate surface area is 175 Å². The van der Waals surface area contributed by atoms with Crippen LogP contribution in [0.2, 0.25) is 0 Å². The Morgan fingerprint density at radius 1 is 1.27 bits per heavy atom. The zero-order valence-corrected chi connectivity index (χ0v) is 18.4. The lowest BCUT2D eigenvalue weighted by Crippen LogP contribution is -2.20. The van der Waals surface area contributed by atoms with Crippen LogP contribution in [0.4, 0.5) is 5.82 Å². The smallest absolute Gasteiger partial charge is 0.256 e. The molecule has 0 radical (unpaired) electrons. The van der Waals surface area contributed by atoms with E-state index in [1.54, 1.807) is 21.5 Å². The highest BCUT2D eigenvalue weighted by Crippen LogP contribution is 2.31. The fraction of sp³-hybridized carbons (Fsp3) is 0.500. The monoisotopic (exact) mass is 430 g/mol. The van der Waals surface area contributed by atoms with E-state index in [-0.39, 0.29) is 28.9 Å². The van der Waals surface area contributed by atoms with E-state index in [9.17, 15) is 13.2 Å². The maximum absolute atomic E-state index is 13.0. The number of hydrogen-bond donors (Lipinski definition) is 1. The molecule has 1 unspecified atom stereocenters. The SMILES string of the molecule is CCn1nnc2cc(C(=O)Nc3cc(C(C)(C)C)nn3C3CCS(=O)(=O)C3)ccc21. The van der Waals surface area contributed by atoms with E-state index in [1.165, 1.54) is 0 Å². The summed E-state index contributed by atoms with van der Waals surface area (Å²) in [5.74, 6) is 0.377. The van der Waals surface area contributed by atoms with Gasteiger partial charge < -0.3 is 5.32 Å². The summed E-state index contributed by atoms with van der Waals surface area (Å²) in [6, 6.07) is 6.81. The molecule has 1 saturated heterocycles. The van der Waals surface area contributed by atoms with Gasteiger partial charge in [0.15, 0.2) is 9.84 Å². The first-order valence-electron chi connectivity index (χ1n) is 10.0. The van der Waals surface area contributed by atoms with Gasteiger partial charge in [0.2, 0.25) is 0 Å². The van der Waals surface area contributed by atoms with Crippen LogP contribution >= 0.6 is 0 Å². The van der Waals surface area contributed by atoms with E-state index in [2.05, 4.69) is 20.7 Å². The number of carbonyl (C=O) groups is 1. The summed E-state index contributed by atoms with van der Waals surface area (Å²) in [6.07, 6.45) is 0.489.